The lowest BCUT2D eigenvalue weighted by atomic mass is 10.1. The third-order valence-corrected chi connectivity index (χ3v) is 5.52. The molecule has 29 heavy (non-hydrogen) atoms. The fraction of sp³-hybridized carbons (Fsp3) is 0.130. The molecule has 3 aromatic carbocycles. The van der Waals surface area contributed by atoms with E-state index in [4.69, 9.17) is 16.3 Å². The second kappa shape index (κ2) is 9.72. The van der Waals surface area contributed by atoms with Crippen LogP contribution in [0.2, 0.25) is 5.02 Å². The number of benzene rings is 3. The molecular formula is C23H20BrClN2O2. The van der Waals surface area contributed by atoms with Crippen LogP contribution in [-0.2, 0) is 4.79 Å². The van der Waals surface area contributed by atoms with E-state index in [1.807, 2.05) is 62.4 Å². The molecule has 0 saturated heterocycles. The Labute approximate surface area is 183 Å². The molecule has 0 aromatic heterocycles. The van der Waals surface area contributed by atoms with Crippen molar-refractivity contribution in [3.8, 4) is 5.75 Å². The van der Waals surface area contributed by atoms with Gasteiger partial charge in [0.05, 0.1) is 10.7 Å². The first-order valence-corrected chi connectivity index (χ1v) is 10.2. The van der Waals surface area contributed by atoms with Crippen molar-refractivity contribution in [2.75, 3.05) is 11.9 Å². The molecule has 0 atom stereocenters. The highest BCUT2D eigenvalue weighted by Crippen LogP contribution is 2.27. The molecule has 0 aliphatic carbocycles. The molecule has 0 heterocycles. The quantitative estimate of drug-likeness (QED) is 0.418. The molecule has 0 saturated carbocycles. The van der Waals surface area contributed by atoms with E-state index >= 15 is 0 Å². The molecule has 1 amide bonds. The Hall–Kier alpha value is -2.63. The van der Waals surface area contributed by atoms with Crippen LogP contribution in [-0.4, -0.2) is 18.7 Å². The van der Waals surface area contributed by atoms with Gasteiger partial charge < -0.3 is 10.1 Å². The van der Waals surface area contributed by atoms with Crippen LogP contribution in [0.5, 0.6) is 5.75 Å². The summed E-state index contributed by atoms with van der Waals surface area (Å²) in [4.78, 5) is 16.6. The average molecular weight is 472 g/mol. The van der Waals surface area contributed by atoms with Crippen molar-refractivity contribution in [2.24, 2.45) is 4.99 Å². The summed E-state index contributed by atoms with van der Waals surface area (Å²) in [7, 11) is 0. The summed E-state index contributed by atoms with van der Waals surface area (Å²) >= 11 is 9.45. The Balaban J connectivity index is 1.59. The summed E-state index contributed by atoms with van der Waals surface area (Å²) < 4.78 is 6.45. The summed E-state index contributed by atoms with van der Waals surface area (Å²) in [5.41, 5.74) is 4.68. The summed E-state index contributed by atoms with van der Waals surface area (Å²) in [5, 5.41) is 3.45. The second-order valence-corrected chi connectivity index (χ2v) is 7.83. The molecule has 0 spiro atoms. The van der Waals surface area contributed by atoms with Crippen LogP contribution >= 0.6 is 27.5 Å². The number of carbonyl (C=O) groups is 1. The number of rotatable bonds is 6. The molecule has 148 valence electrons. The fourth-order valence-corrected chi connectivity index (χ4v) is 2.99. The molecule has 0 bridgehead atoms. The van der Waals surface area contributed by atoms with Crippen molar-refractivity contribution >= 4 is 51.0 Å². The predicted molar refractivity (Wildman–Crippen MR) is 123 cm³/mol. The maximum absolute atomic E-state index is 12.2. The fourth-order valence-electron chi connectivity index (χ4n) is 2.56. The maximum atomic E-state index is 12.2. The van der Waals surface area contributed by atoms with E-state index in [9.17, 15) is 4.79 Å². The molecule has 3 aromatic rings. The summed E-state index contributed by atoms with van der Waals surface area (Å²) in [5.74, 6) is 0.384. The third kappa shape index (κ3) is 6.17. The van der Waals surface area contributed by atoms with Gasteiger partial charge in [-0.25, -0.2) is 0 Å². The minimum absolute atomic E-state index is 0.0736. The van der Waals surface area contributed by atoms with Crippen LogP contribution in [0.1, 0.15) is 16.7 Å². The SMILES string of the molecule is Cc1ccc(NC(=O)COc2cccc(C=Nc3ccc(Br)c(Cl)c3)c2)cc1C. The number of anilines is 1. The van der Waals surface area contributed by atoms with E-state index in [1.54, 1.807) is 18.3 Å². The van der Waals surface area contributed by atoms with E-state index in [0.29, 0.717) is 10.8 Å². The number of aryl methyl sites for hydroxylation is 2. The van der Waals surface area contributed by atoms with Crippen LogP contribution < -0.4 is 10.1 Å². The van der Waals surface area contributed by atoms with Gasteiger partial charge in [0.2, 0.25) is 0 Å². The number of hydrogen-bond acceptors (Lipinski definition) is 3. The number of amides is 1. The Morgan fingerprint density at radius 1 is 1.10 bits per heavy atom. The van der Waals surface area contributed by atoms with Crippen LogP contribution in [0.25, 0.3) is 0 Å². The van der Waals surface area contributed by atoms with Crippen LogP contribution in [0, 0.1) is 13.8 Å². The third-order valence-electron chi connectivity index (χ3n) is 4.28. The first kappa shape index (κ1) is 21.1. The monoisotopic (exact) mass is 470 g/mol. The van der Waals surface area contributed by atoms with E-state index in [-0.39, 0.29) is 12.5 Å². The van der Waals surface area contributed by atoms with Gasteiger partial charge in [0, 0.05) is 16.4 Å². The molecule has 4 nitrogen and oxygen atoms in total. The van der Waals surface area contributed by atoms with E-state index in [0.717, 1.165) is 27.0 Å². The zero-order valence-electron chi connectivity index (χ0n) is 16.1. The summed E-state index contributed by atoms with van der Waals surface area (Å²) in [6, 6.07) is 18.7. The number of hydrogen-bond donors (Lipinski definition) is 1. The predicted octanol–water partition coefficient (Wildman–Crippen LogP) is 6.49. The highest BCUT2D eigenvalue weighted by Gasteiger charge is 2.05. The van der Waals surface area contributed by atoms with Crippen LogP contribution in [0.3, 0.4) is 0 Å². The zero-order chi connectivity index (χ0) is 20.8. The molecule has 0 unspecified atom stereocenters. The largest absolute Gasteiger partial charge is 0.484 e. The van der Waals surface area contributed by atoms with Gasteiger partial charge in [-0.2, -0.15) is 0 Å². The Morgan fingerprint density at radius 3 is 2.69 bits per heavy atom. The smallest absolute Gasteiger partial charge is 0.262 e. The van der Waals surface area contributed by atoms with Gasteiger partial charge >= 0.3 is 0 Å². The Kier molecular flexibility index (Phi) is 7.07. The number of ether oxygens (including phenoxy) is 1. The summed E-state index contributed by atoms with van der Waals surface area (Å²) in [6.45, 7) is 3.97. The van der Waals surface area contributed by atoms with Gasteiger partial charge in [0.25, 0.3) is 5.91 Å². The minimum Gasteiger partial charge on any atom is -0.484 e. The van der Waals surface area contributed by atoms with Crippen molar-refractivity contribution in [3.63, 3.8) is 0 Å². The molecular weight excluding hydrogens is 452 g/mol. The lowest BCUT2D eigenvalue weighted by Gasteiger charge is -2.09. The van der Waals surface area contributed by atoms with Gasteiger partial charge in [-0.15, -0.1) is 0 Å². The van der Waals surface area contributed by atoms with Crippen LogP contribution in [0.4, 0.5) is 11.4 Å². The first-order chi connectivity index (χ1) is 13.9. The molecule has 0 aliphatic rings. The van der Waals surface area contributed by atoms with Gasteiger partial charge in [0.15, 0.2) is 6.61 Å². The number of halogens is 2. The van der Waals surface area contributed by atoms with Crippen molar-refractivity contribution in [3.05, 3.63) is 86.8 Å². The van der Waals surface area contributed by atoms with E-state index in [1.165, 1.54) is 5.56 Å². The lowest BCUT2D eigenvalue weighted by Crippen LogP contribution is -2.20. The highest BCUT2D eigenvalue weighted by atomic mass is 79.9. The lowest BCUT2D eigenvalue weighted by molar-refractivity contribution is -0.118. The number of nitrogens with one attached hydrogen (secondary N) is 1. The number of nitrogens with zero attached hydrogens (tertiary/aromatic N) is 1. The second-order valence-electron chi connectivity index (χ2n) is 6.56. The maximum Gasteiger partial charge on any atom is 0.262 e. The zero-order valence-corrected chi connectivity index (χ0v) is 18.4. The Bertz CT molecular complexity index is 1070. The van der Waals surface area contributed by atoms with E-state index in [2.05, 4.69) is 26.2 Å². The van der Waals surface area contributed by atoms with Crippen LogP contribution in [0.15, 0.2) is 70.1 Å². The summed E-state index contributed by atoms with van der Waals surface area (Å²) in [6.07, 6.45) is 1.72. The molecule has 0 aliphatic heterocycles. The minimum atomic E-state index is -0.211. The normalized spacial score (nSPS) is 10.9. The van der Waals surface area contributed by atoms with Crippen molar-refractivity contribution in [1.29, 1.82) is 0 Å². The first-order valence-electron chi connectivity index (χ1n) is 9.00. The molecule has 1 N–H and O–H groups in total. The Morgan fingerprint density at radius 2 is 1.93 bits per heavy atom. The molecule has 0 fully saturated rings. The molecule has 3 rings (SSSR count). The van der Waals surface area contributed by atoms with Crippen molar-refractivity contribution < 1.29 is 9.53 Å². The average Bonchev–Trinajstić information content (AvgIpc) is 2.70. The molecule has 6 heteroatoms. The van der Waals surface area contributed by atoms with Gasteiger partial charge in [-0.3, -0.25) is 9.79 Å². The van der Waals surface area contributed by atoms with Gasteiger partial charge in [-0.05, 0) is 88.9 Å². The van der Waals surface area contributed by atoms with Gasteiger partial charge in [0.1, 0.15) is 5.75 Å². The van der Waals surface area contributed by atoms with Crippen molar-refractivity contribution in [2.45, 2.75) is 13.8 Å². The standard InChI is InChI=1S/C23H20BrClN2O2/c1-15-6-7-19(10-16(15)2)27-23(28)14-29-20-5-3-4-17(11-20)13-26-18-8-9-21(24)22(25)12-18/h3-13H,14H2,1-2H3,(H,27,28). The van der Waals surface area contributed by atoms with Gasteiger partial charge in [-0.1, -0.05) is 29.8 Å². The van der Waals surface area contributed by atoms with Crippen molar-refractivity contribution in [1.82, 2.24) is 0 Å². The van der Waals surface area contributed by atoms with E-state index < -0.39 is 0 Å². The topological polar surface area (TPSA) is 50.7 Å². The highest BCUT2D eigenvalue weighted by molar-refractivity contribution is 9.10. The molecule has 0 radical (unpaired) electrons. The number of carbonyl (C=O) groups excluding carboxylic acids is 1. The number of aliphatic imine (C=N–C) groups is 1.